The molecule has 12 heteroatoms. The largest absolute Gasteiger partial charge is 0.491 e. The van der Waals surface area contributed by atoms with E-state index in [1.165, 1.54) is 18.2 Å². The molecule has 11 nitrogen and oxygen atoms in total. The van der Waals surface area contributed by atoms with E-state index in [-0.39, 0.29) is 54.1 Å². The molecule has 1 aliphatic rings. The van der Waals surface area contributed by atoms with E-state index < -0.39 is 48.1 Å². The molecular weight excluding hydrogens is 655 g/mol. The molecule has 0 aliphatic carbocycles. The van der Waals surface area contributed by atoms with Gasteiger partial charge in [0.25, 0.3) is 5.91 Å². The fourth-order valence-electron chi connectivity index (χ4n) is 5.75. The summed E-state index contributed by atoms with van der Waals surface area (Å²) >= 11 is 0. The summed E-state index contributed by atoms with van der Waals surface area (Å²) in [5, 5.41) is 8.35. The van der Waals surface area contributed by atoms with Crippen molar-refractivity contribution in [1.29, 1.82) is 0 Å². The highest BCUT2D eigenvalue weighted by Crippen LogP contribution is 2.32. The molecule has 0 bridgehead atoms. The zero-order chi connectivity index (χ0) is 37.1. The summed E-state index contributed by atoms with van der Waals surface area (Å²) < 4.78 is 32.0. The number of nitrogens with zero attached hydrogens (tertiary/aromatic N) is 1. The zero-order valence-corrected chi connectivity index (χ0v) is 30.1. The maximum atomic E-state index is 14.1. The second kappa shape index (κ2) is 18.2. The van der Waals surface area contributed by atoms with Gasteiger partial charge in [-0.25, -0.2) is 4.39 Å². The molecule has 1 heterocycles. The number of benzene rings is 3. The molecule has 0 radical (unpaired) electrons. The Morgan fingerprint density at radius 2 is 1.61 bits per heavy atom. The summed E-state index contributed by atoms with van der Waals surface area (Å²) in [6.07, 6.45) is 0.595. The molecule has 1 aliphatic heterocycles. The number of likely N-dealkylation sites (N-methyl/N-ethyl adjacent to an activating group) is 1. The number of nitrogens with one attached hydrogen (secondary N) is 3. The monoisotopic (exact) mass is 704 g/mol. The van der Waals surface area contributed by atoms with E-state index >= 15 is 0 Å². The number of hydrogen-bond donors (Lipinski definition) is 3. The van der Waals surface area contributed by atoms with Crippen LogP contribution in [0.4, 0.5) is 4.39 Å². The fraction of sp³-hybridized carbons (Fsp3) is 0.436. The molecule has 4 rings (SSSR count). The molecule has 3 aromatic carbocycles. The predicted octanol–water partition coefficient (Wildman–Crippen LogP) is 5.49. The van der Waals surface area contributed by atoms with E-state index in [9.17, 15) is 23.6 Å². The lowest BCUT2D eigenvalue weighted by Crippen LogP contribution is -2.55. The molecule has 51 heavy (non-hydrogen) atoms. The maximum Gasteiger partial charge on any atom is 0.255 e. The Balaban J connectivity index is 1.54. The van der Waals surface area contributed by atoms with Crippen LogP contribution in [-0.2, 0) is 14.4 Å². The van der Waals surface area contributed by atoms with Crippen LogP contribution in [0.2, 0.25) is 0 Å². The van der Waals surface area contributed by atoms with E-state index in [4.69, 9.17) is 14.2 Å². The second-order valence-electron chi connectivity index (χ2n) is 13.7. The van der Waals surface area contributed by atoms with Crippen molar-refractivity contribution in [3.63, 3.8) is 0 Å². The van der Waals surface area contributed by atoms with Crippen LogP contribution in [0.5, 0.6) is 23.0 Å². The van der Waals surface area contributed by atoms with Crippen molar-refractivity contribution < 1.29 is 37.8 Å². The number of amides is 4. The second-order valence-corrected chi connectivity index (χ2v) is 13.7. The lowest BCUT2D eigenvalue weighted by molar-refractivity contribution is -0.138. The summed E-state index contributed by atoms with van der Waals surface area (Å²) in [6.45, 7) is 9.79. The molecule has 3 N–H and O–H groups in total. The third-order valence-electron chi connectivity index (χ3n) is 8.31. The summed E-state index contributed by atoms with van der Waals surface area (Å²) in [6, 6.07) is 16.3. The number of ether oxygens (including phenoxy) is 3. The normalized spacial score (nSPS) is 19.3. The van der Waals surface area contributed by atoms with Crippen molar-refractivity contribution in [2.45, 2.75) is 78.0 Å². The number of para-hydroxylation sites is 2. The quantitative estimate of drug-likeness (QED) is 0.241. The van der Waals surface area contributed by atoms with E-state index in [2.05, 4.69) is 29.8 Å². The van der Waals surface area contributed by atoms with Gasteiger partial charge in [-0.2, -0.15) is 0 Å². The summed E-state index contributed by atoms with van der Waals surface area (Å²) in [5.74, 6) is -1.06. The van der Waals surface area contributed by atoms with Gasteiger partial charge in [-0.15, -0.1) is 0 Å². The summed E-state index contributed by atoms with van der Waals surface area (Å²) in [5.41, 5.74) is 0.182. The van der Waals surface area contributed by atoms with Crippen molar-refractivity contribution in [3.8, 4) is 23.0 Å². The van der Waals surface area contributed by atoms with Gasteiger partial charge in [0.05, 0.1) is 24.1 Å². The van der Waals surface area contributed by atoms with Crippen LogP contribution in [0.25, 0.3) is 0 Å². The topological polar surface area (TPSA) is 135 Å². The van der Waals surface area contributed by atoms with Gasteiger partial charge in [0.15, 0.2) is 11.5 Å². The number of carbonyl (C=O) groups excluding carboxylic acids is 4. The minimum Gasteiger partial charge on any atom is -0.491 e. The molecule has 274 valence electrons. The van der Waals surface area contributed by atoms with Crippen molar-refractivity contribution in [1.82, 2.24) is 20.9 Å². The van der Waals surface area contributed by atoms with E-state index in [1.807, 2.05) is 19.9 Å². The third kappa shape index (κ3) is 11.4. The number of hydrogen-bond acceptors (Lipinski definition) is 7. The van der Waals surface area contributed by atoms with E-state index in [1.54, 1.807) is 67.4 Å². The lowest BCUT2D eigenvalue weighted by atomic mass is 9.99. The van der Waals surface area contributed by atoms with Gasteiger partial charge >= 0.3 is 0 Å². The number of fused-ring (bicyclic) bond motifs is 1. The van der Waals surface area contributed by atoms with Crippen LogP contribution in [-0.4, -0.2) is 73.0 Å². The predicted molar refractivity (Wildman–Crippen MR) is 191 cm³/mol. The standard InChI is InChI=1S/C39H49FN4O7/c1-24(2)18-28-23-50-33-15-11-10-14-30(33)37(46)43-31(21-36(45)42-32(19-25(3)4)39(48)44(28)6)38(47)41-26(5)22-49-34-17-16-27(40)20-35(34)51-29-12-8-7-9-13-29/h7-17,20,24-26,28,31-32H,18-19,21-23H2,1-6H3,(H,41,47)(H,42,45)(H,43,46)/t26-,28+,31+,32+/m1/s1. The van der Waals surface area contributed by atoms with Gasteiger partial charge in [0.2, 0.25) is 17.7 Å². The van der Waals surface area contributed by atoms with Crippen LogP contribution in [0.1, 0.15) is 64.2 Å². The first kappa shape index (κ1) is 38.7. The Morgan fingerprint density at radius 1 is 0.922 bits per heavy atom. The summed E-state index contributed by atoms with van der Waals surface area (Å²) in [4.78, 5) is 56.3. The SMILES string of the molecule is CC(C)C[C@H]1COc2ccccc2C(=O)N[C@H](C(=O)N[C@H](C)COc2ccc(F)cc2Oc2ccccc2)CC(=O)N[C@@H](CC(C)C)C(=O)N1C. The van der Waals surface area contributed by atoms with Crippen LogP contribution < -0.4 is 30.2 Å². The van der Waals surface area contributed by atoms with Crippen LogP contribution >= 0.6 is 0 Å². The van der Waals surface area contributed by atoms with Gasteiger partial charge in [0.1, 0.15) is 42.6 Å². The average Bonchev–Trinajstić information content (AvgIpc) is 3.08. The lowest BCUT2D eigenvalue weighted by Gasteiger charge is -2.33. The number of carbonyl (C=O) groups is 4. The van der Waals surface area contributed by atoms with Crippen molar-refractivity contribution in [3.05, 3.63) is 84.2 Å². The Hall–Kier alpha value is -5.13. The molecular formula is C39H49FN4O7. The van der Waals surface area contributed by atoms with Gasteiger partial charge in [-0.05, 0) is 68.0 Å². The fourth-order valence-corrected chi connectivity index (χ4v) is 5.75. The van der Waals surface area contributed by atoms with Crippen LogP contribution in [0, 0.1) is 17.7 Å². The molecule has 0 fully saturated rings. The Kier molecular flexibility index (Phi) is 13.8. The Bertz CT molecular complexity index is 1650. The molecule has 0 unspecified atom stereocenters. The Labute approximate surface area is 299 Å². The van der Waals surface area contributed by atoms with E-state index in [0.29, 0.717) is 24.3 Å². The van der Waals surface area contributed by atoms with Gasteiger partial charge in [-0.1, -0.05) is 58.0 Å². The molecule has 3 aromatic rings. The highest BCUT2D eigenvalue weighted by atomic mass is 19.1. The highest BCUT2D eigenvalue weighted by molar-refractivity contribution is 6.01. The number of rotatable bonds is 11. The molecule has 0 spiro atoms. The van der Waals surface area contributed by atoms with Gasteiger partial charge in [-0.3, -0.25) is 19.2 Å². The molecule has 4 atom stereocenters. The maximum absolute atomic E-state index is 14.1. The van der Waals surface area contributed by atoms with E-state index in [0.717, 1.165) is 0 Å². The first-order valence-electron chi connectivity index (χ1n) is 17.3. The molecule has 0 saturated carbocycles. The minimum atomic E-state index is -1.31. The molecule has 0 saturated heterocycles. The van der Waals surface area contributed by atoms with Crippen molar-refractivity contribution in [2.75, 3.05) is 20.3 Å². The number of halogens is 1. The summed E-state index contributed by atoms with van der Waals surface area (Å²) in [7, 11) is 1.70. The highest BCUT2D eigenvalue weighted by Gasteiger charge is 2.33. The van der Waals surface area contributed by atoms with Crippen molar-refractivity contribution >= 4 is 23.6 Å². The van der Waals surface area contributed by atoms with Gasteiger partial charge in [0, 0.05) is 13.1 Å². The first-order chi connectivity index (χ1) is 24.3. The first-order valence-corrected chi connectivity index (χ1v) is 17.3. The van der Waals surface area contributed by atoms with Crippen LogP contribution in [0.15, 0.2) is 72.8 Å². The Morgan fingerprint density at radius 3 is 2.31 bits per heavy atom. The average molecular weight is 705 g/mol. The minimum absolute atomic E-state index is 0.0408. The van der Waals surface area contributed by atoms with Gasteiger partial charge < -0.3 is 35.1 Å². The zero-order valence-electron chi connectivity index (χ0n) is 30.1. The van der Waals surface area contributed by atoms with Crippen molar-refractivity contribution in [2.24, 2.45) is 11.8 Å². The third-order valence-corrected chi connectivity index (χ3v) is 8.31. The molecule has 0 aromatic heterocycles. The smallest absolute Gasteiger partial charge is 0.255 e. The van der Waals surface area contributed by atoms with Crippen LogP contribution in [0.3, 0.4) is 0 Å². The molecule has 4 amide bonds.